The minimum Gasteiger partial charge on any atom is -0.347 e. The van der Waals surface area contributed by atoms with Crippen LogP contribution in [0.4, 0.5) is 5.69 Å². The number of carbonyl (C=O) groups is 1. The number of amides is 1. The van der Waals surface area contributed by atoms with E-state index in [1.54, 1.807) is 24.3 Å². The number of benzene rings is 1. The lowest BCUT2D eigenvalue weighted by atomic mass is 10.1. The van der Waals surface area contributed by atoms with Gasteiger partial charge in [-0.2, -0.15) is 0 Å². The van der Waals surface area contributed by atoms with Crippen molar-refractivity contribution in [3.8, 4) is 0 Å². The standard InChI is InChI=1S/C16H20N2O3S2/c1-16(2,3)17-15(19)14-10-13(11-22-14)23(20,21)18(4)12-8-6-5-7-9-12/h5-11H,1-4H3,(H,17,19). The van der Waals surface area contributed by atoms with Crippen LogP contribution < -0.4 is 9.62 Å². The van der Waals surface area contributed by atoms with E-state index in [0.29, 0.717) is 10.6 Å². The Bertz CT molecular complexity index is 790. The Labute approximate surface area is 141 Å². The maximum Gasteiger partial charge on any atom is 0.264 e. The first-order chi connectivity index (χ1) is 10.6. The normalized spacial score (nSPS) is 12.0. The molecule has 1 aromatic carbocycles. The van der Waals surface area contributed by atoms with Crippen LogP contribution in [0.3, 0.4) is 0 Å². The molecule has 0 saturated heterocycles. The number of para-hydroxylation sites is 1. The number of hydrogen-bond acceptors (Lipinski definition) is 4. The summed E-state index contributed by atoms with van der Waals surface area (Å²) in [6, 6.07) is 10.2. The zero-order valence-corrected chi connectivity index (χ0v) is 15.2. The molecule has 2 rings (SSSR count). The van der Waals surface area contributed by atoms with Crippen molar-refractivity contribution in [1.29, 1.82) is 0 Å². The van der Waals surface area contributed by atoms with E-state index in [9.17, 15) is 13.2 Å². The number of hydrogen-bond donors (Lipinski definition) is 1. The molecule has 0 radical (unpaired) electrons. The van der Waals surface area contributed by atoms with Gasteiger partial charge in [-0.3, -0.25) is 9.10 Å². The molecule has 23 heavy (non-hydrogen) atoms. The van der Waals surface area contributed by atoms with E-state index in [4.69, 9.17) is 0 Å². The molecular formula is C16H20N2O3S2. The van der Waals surface area contributed by atoms with Crippen LogP contribution in [0.25, 0.3) is 0 Å². The number of nitrogens with one attached hydrogen (secondary N) is 1. The maximum atomic E-state index is 12.7. The molecule has 0 bridgehead atoms. The summed E-state index contributed by atoms with van der Waals surface area (Å²) in [6.07, 6.45) is 0. The first-order valence-corrected chi connectivity index (χ1v) is 9.38. The van der Waals surface area contributed by atoms with E-state index < -0.39 is 10.0 Å². The first kappa shape index (κ1) is 17.5. The lowest BCUT2D eigenvalue weighted by molar-refractivity contribution is 0.0923. The van der Waals surface area contributed by atoms with Crippen molar-refractivity contribution in [1.82, 2.24) is 5.32 Å². The van der Waals surface area contributed by atoms with Gasteiger partial charge in [-0.15, -0.1) is 11.3 Å². The number of thiophene rings is 1. The number of rotatable bonds is 4. The molecule has 7 heteroatoms. The maximum absolute atomic E-state index is 12.7. The Kier molecular flexibility index (Phi) is 4.81. The molecule has 0 aliphatic heterocycles. The molecule has 0 aliphatic carbocycles. The van der Waals surface area contributed by atoms with Crippen molar-refractivity contribution in [2.75, 3.05) is 11.4 Å². The molecule has 1 amide bonds. The van der Waals surface area contributed by atoms with Gasteiger partial charge in [0.15, 0.2) is 0 Å². The van der Waals surface area contributed by atoms with Gasteiger partial charge in [-0.25, -0.2) is 8.42 Å². The average Bonchev–Trinajstić information content (AvgIpc) is 2.96. The Morgan fingerprint density at radius 2 is 1.78 bits per heavy atom. The van der Waals surface area contributed by atoms with Gasteiger partial charge in [-0.05, 0) is 39.0 Å². The molecule has 2 aromatic rings. The topological polar surface area (TPSA) is 66.5 Å². The summed E-state index contributed by atoms with van der Waals surface area (Å²) in [5, 5.41) is 4.32. The number of carbonyl (C=O) groups excluding carboxylic acids is 1. The second kappa shape index (κ2) is 6.33. The SMILES string of the molecule is CN(c1ccccc1)S(=O)(=O)c1csc(C(=O)NC(C)(C)C)c1. The summed E-state index contributed by atoms with van der Waals surface area (Å²) in [7, 11) is -2.19. The number of nitrogens with zero attached hydrogens (tertiary/aromatic N) is 1. The molecule has 1 N–H and O–H groups in total. The van der Waals surface area contributed by atoms with Crippen molar-refractivity contribution < 1.29 is 13.2 Å². The van der Waals surface area contributed by atoms with E-state index in [-0.39, 0.29) is 16.3 Å². The van der Waals surface area contributed by atoms with Crippen LogP contribution in [-0.2, 0) is 10.0 Å². The van der Waals surface area contributed by atoms with Gasteiger partial charge >= 0.3 is 0 Å². The molecule has 1 aromatic heterocycles. The second-order valence-corrected chi connectivity index (χ2v) is 9.04. The highest BCUT2D eigenvalue weighted by atomic mass is 32.2. The average molecular weight is 352 g/mol. The van der Waals surface area contributed by atoms with Crippen LogP contribution in [0, 0.1) is 0 Å². The van der Waals surface area contributed by atoms with E-state index in [1.165, 1.54) is 22.8 Å². The van der Waals surface area contributed by atoms with E-state index in [0.717, 1.165) is 11.3 Å². The summed E-state index contributed by atoms with van der Waals surface area (Å²) < 4.78 is 26.5. The third-order valence-corrected chi connectivity index (χ3v) is 5.91. The van der Waals surface area contributed by atoms with Gasteiger partial charge in [0.1, 0.15) is 0 Å². The fourth-order valence-corrected chi connectivity index (χ4v) is 4.26. The van der Waals surface area contributed by atoms with Crippen molar-refractivity contribution in [3.63, 3.8) is 0 Å². The summed E-state index contributed by atoms with van der Waals surface area (Å²) in [5.41, 5.74) is 0.195. The van der Waals surface area contributed by atoms with Crippen LogP contribution in [0.5, 0.6) is 0 Å². The van der Waals surface area contributed by atoms with Crippen LogP contribution in [0.1, 0.15) is 30.4 Å². The quantitative estimate of drug-likeness (QED) is 0.919. The minimum absolute atomic E-state index is 0.118. The molecule has 5 nitrogen and oxygen atoms in total. The molecule has 0 spiro atoms. The van der Waals surface area contributed by atoms with Gasteiger partial charge in [0, 0.05) is 18.0 Å². The number of sulfonamides is 1. The van der Waals surface area contributed by atoms with Crippen LogP contribution in [0.15, 0.2) is 46.7 Å². The number of anilines is 1. The molecule has 124 valence electrons. The molecule has 1 heterocycles. The zero-order valence-electron chi connectivity index (χ0n) is 13.5. The molecule has 0 saturated carbocycles. The highest BCUT2D eigenvalue weighted by Gasteiger charge is 2.25. The van der Waals surface area contributed by atoms with Crippen LogP contribution in [0.2, 0.25) is 0 Å². The molecule has 0 unspecified atom stereocenters. The predicted octanol–water partition coefficient (Wildman–Crippen LogP) is 3.10. The van der Waals surface area contributed by atoms with Gasteiger partial charge in [0.2, 0.25) is 0 Å². The molecule has 0 aliphatic rings. The Morgan fingerprint density at radius 3 is 2.35 bits per heavy atom. The van der Waals surface area contributed by atoms with Crippen molar-refractivity contribution >= 4 is 33.0 Å². The predicted molar refractivity (Wildman–Crippen MR) is 93.6 cm³/mol. The Balaban J connectivity index is 2.27. The highest BCUT2D eigenvalue weighted by molar-refractivity contribution is 7.93. The third-order valence-electron chi connectivity index (χ3n) is 3.07. The fraction of sp³-hybridized carbons (Fsp3) is 0.312. The van der Waals surface area contributed by atoms with Crippen molar-refractivity contribution in [3.05, 3.63) is 46.7 Å². The summed E-state index contributed by atoms with van der Waals surface area (Å²) in [6.45, 7) is 5.62. The van der Waals surface area contributed by atoms with Gasteiger partial charge in [0.05, 0.1) is 15.5 Å². The molecular weight excluding hydrogens is 332 g/mol. The largest absolute Gasteiger partial charge is 0.347 e. The minimum atomic E-state index is -3.68. The Hall–Kier alpha value is -1.86. The van der Waals surface area contributed by atoms with Gasteiger partial charge < -0.3 is 5.32 Å². The van der Waals surface area contributed by atoms with Crippen LogP contribution in [-0.4, -0.2) is 26.9 Å². The van der Waals surface area contributed by atoms with Gasteiger partial charge in [0.25, 0.3) is 15.9 Å². The monoisotopic (exact) mass is 352 g/mol. The van der Waals surface area contributed by atoms with Crippen LogP contribution >= 0.6 is 11.3 Å². The van der Waals surface area contributed by atoms with E-state index in [1.807, 2.05) is 26.8 Å². The summed E-state index contributed by atoms with van der Waals surface area (Å²) in [5.74, 6) is -0.272. The summed E-state index contributed by atoms with van der Waals surface area (Å²) >= 11 is 1.12. The smallest absolute Gasteiger partial charge is 0.264 e. The fourth-order valence-electron chi connectivity index (χ4n) is 1.91. The van der Waals surface area contributed by atoms with Crippen molar-refractivity contribution in [2.24, 2.45) is 0 Å². The van der Waals surface area contributed by atoms with Crippen molar-refractivity contribution in [2.45, 2.75) is 31.2 Å². The first-order valence-electron chi connectivity index (χ1n) is 7.06. The summed E-state index contributed by atoms with van der Waals surface area (Å²) in [4.78, 5) is 12.6. The lowest BCUT2D eigenvalue weighted by Crippen LogP contribution is -2.40. The second-order valence-electron chi connectivity index (χ2n) is 6.16. The molecule has 0 fully saturated rings. The zero-order chi connectivity index (χ0) is 17.3. The Morgan fingerprint density at radius 1 is 1.17 bits per heavy atom. The third kappa shape index (κ3) is 4.11. The van der Waals surface area contributed by atoms with E-state index in [2.05, 4.69) is 5.32 Å². The highest BCUT2D eigenvalue weighted by Crippen LogP contribution is 2.26. The van der Waals surface area contributed by atoms with Gasteiger partial charge in [-0.1, -0.05) is 18.2 Å². The lowest BCUT2D eigenvalue weighted by Gasteiger charge is -2.20. The molecule has 0 atom stereocenters. The van der Waals surface area contributed by atoms with E-state index >= 15 is 0 Å².